The lowest BCUT2D eigenvalue weighted by Gasteiger charge is -2.23. The fourth-order valence-electron chi connectivity index (χ4n) is 4.24. The standard InChI is InChI=1S/C25H28ClN3O4/c26-21-12-11-19(15-20(21)24(31)27-17-7-2-1-3-8-17)28-23(30)16-6-4-9-18(14-16)29-25(32)22-10-5-13-33-22/h4,6,9,11-12,14-15,17,22H,1-3,5,7-8,10,13H2,(H,27,31)(H,28,30)(H,29,32). The van der Waals surface area contributed by atoms with Crippen molar-refractivity contribution in [2.75, 3.05) is 17.2 Å². The van der Waals surface area contributed by atoms with Crippen molar-refractivity contribution < 1.29 is 19.1 Å². The Morgan fingerprint density at radius 3 is 2.39 bits per heavy atom. The molecule has 2 aromatic rings. The molecule has 1 aliphatic heterocycles. The Balaban J connectivity index is 1.41. The minimum atomic E-state index is -0.449. The van der Waals surface area contributed by atoms with Gasteiger partial charge < -0.3 is 20.7 Å². The van der Waals surface area contributed by atoms with Crippen molar-refractivity contribution in [3.63, 3.8) is 0 Å². The summed E-state index contributed by atoms with van der Waals surface area (Å²) in [5.41, 5.74) is 1.69. The monoisotopic (exact) mass is 469 g/mol. The van der Waals surface area contributed by atoms with Gasteiger partial charge in [-0.1, -0.05) is 36.9 Å². The number of carbonyl (C=O) groups is 3. The van der Waals surface area contributed by atoms with E-state index in [0.717, 1.165) is 32.1 Å². The third-order valence-electron chi connectivity index (χ3n) is 6.02. The molecule has 1 atom stereocenters. The number of amides is 3. The highest BCUT2D eigenvalue weighted by atomic mass is 35.5. The van der Waals surface area contributed by atoms with Crippen LogP contribution >= 0.6 is 11.6 Å². The Morgan fingerprint density at radius 2 is 1.64 bits per heavy atom. The summed E-state index contributed by atoms with van der Waals surface area (Å²) >= 11 is 6.26. The molecule has 1 unspecified atom stereocenters. The number of nitrogens with one attached hydrogen (secondary N) is 3. The number of ether oxygens (including phenoxy) is 1. The molecule has 1 heterocycles. The second kappa shape index (κ2) is 10.8. The third kappa shape index (κ3) is 6.12. The van der Waals surface area contributed by atoms with Crippen LogP contribution in [0, 0.1) is 0 Å². The van der Waals surface area contributed by atoms with Crippen LogP contribution in [0.25, 0.3) is 0 Å². The van der Waals surface area contributed by atoms with E-state index in [1.807, 2.05) is 0 Å². The molecule has 174 valence electrons. The molecule has 1 aliphatic carbocycles. The molecule has 3 amide bonds. The average molecular weight is 470 g/mol. The number of hydrogen-bond donors (Lipinski definition) is 3. The summed E-state index contributed by atoms with van der Waals surface area (Å²) in [6, 6.07) is 11.7. The van der Waals surface area contributed by atoms with E-state index in [4.69, 9.17) is 16.3 Å². The lowest BCUT2D eigenvalue weighted by molar-refractivity contribution is -0.124. The summed E-state index contributed by atoms with van der Waals surface area (Å²) in [5, 5.41) is 8.99. The van der Waals surface area contributed by atoms with Gasteiger partial charge in [0.05, 0.1) is 10.6 Å². The lowest BCUT2D eigenvalue weighted by atomic mass is 9.95. The highest BCUT2D eigenvalue weighted by Crippen LogP contribution is 2.24. The molecule has 0 radical (unpaired) electrons. The van der Waals surface area contributed by atoms with Crippen molar-refractivity contribution in [1.29, 1.82) is 0 Å². The lowest BCUT2D eigenvalue weighted by Crippen LogP contribution is -2.36. The van der Waals surface area contributed by atoms with Crippen molar-refractivity contribution in [3.05, 3.63) is 58.6 Å². The first-order chi connectivity index (χ1) is 16.0. The Morgan fingerprint density at radius 1 is 0.848 bits per heavy atom. The van der Waals surface area contributed by atoms with Gasteiger partial charge >= 0.3 is 0 Å². The number of benzene rings is 2. The van der Waals surface area contributed by atoms with Crippen LogP contribution in [0.2, 0.25) is 5.02 Å². The molecule has 1 saturated heterocycles. The molecule has 0 spiro atoms. The molecular formula is C25H28ClN3O4. The minimum Gasteiger partial charge on any atom is -0.368 e. The van der Waals surface area contributed by atoms with Crippen LogP contribution < -0.4 is 16.0 Å². The second-order valence-corrected chi connectivity index (χ2v) is 8.94. The topological polar surface area (TPSA) is 96.5 Å². The van der Waals surface area contributed by atoms with E-state index in [1.54, 1.807) is 42.5 Å². The Kier molecular flexibility index (Phi) is 7.62. The first-order valence-corrected chi connectivity index (χ1v) is 11.8. The first kappa shape index (κ1) is 23.3. The summed E-state index contributed by atoms with van der Waals surface area (Å²) in [6.45, 7) is 0.586. The zero-order valence-electron chi connectivity index (χ0n) is 18.4. The average Bonchev–Trinajstić information content (AvgIpc) is 3.36. The first-order valence-electron chi connectivity index (χ1n) is 11.4. The van der Waals surface area contributed by atoms with Crippen LogP contribution in [0.3, 0.4) is 0 Å². The van der Waals surface area contributed by atoms with Gasteiger partial charge in [-0.3, -0.25) is 14.4 Å². The van der Waals surface area contributed by atoms with E-state index in [-0.39, 0.29) is 23.8 Å². The van der Waals surface area contributed by atoms with Crippen LogP contribution in [-0.2, 0) is 9.53 Å². The van der Waals surface area contributed by atoms with Crippen LogP contribution in [-0.4, -0.2) is 36.5 Å². The van der Waals surface area contributed by atoms with E-state index in [1.165, 1.54) is 6.42 Å². The highest BCUT2D eigenvalue weighted by molar-refractivity contribution is 6.34. The fourth-order valence-corrected chi connectivity index (χ4v) is 4.44. The van der Waals surface area contributed by atoms with Crippen LogP contribution in [0.5, 0.6) is 0 Å². The van der Waals surface area contributed by atoms with Crippen molar-refractivity contribution >= 4 is 40.7 Å². The molecule has 1 saturated carbocycles. The van der Waals surface area contributed by atoms with E-state index >= 15 is 0 Å². The van der Waals surface area contributed by atoms with Crippen LogP contribution in [0.4, 0.5) is 11.4 Å². The van der Waals surface area contributed by atoms with E-state index < -0.39 is 6.10 Å². The zero-order valence-corrected chi connectivity index (χ0v) is 19.1. The predicted molar refractivity (Wildman–Crippen MR) is 128 cm³/mol. The van der Waals surface area contributed by atoms with Gasteiger partial charge in [-0.15, -0.1) is 0 Å². The summed E-state index contributed by atoms with van der Waals surface area (Å²) in [4.78, 5) is 37.8. The maximum absolute atomic E-state index is 12.8. The Hall–Kier alpha value is -2.90. The molecule has 33 heavy (non-hydrogen) atoms. The highest BCUT2D eigenvalue weighted by Gasteiger charge is 2.24. The van der Waals surface area contributed by atoms with Gasteiger partial charge in [0.2, 0.25) is 0 Å². The zero-order chi connectivity index (χ0) is 23.2. The smallest absolute Gasteiger partial charge is 0.255 e. The summed E-state index contributed by atoms with van der Waals surface area (Å²) in [7, 11) is 0. The maximum Gasteiger partial charge on any atom is 0.255 e. The van der Waals surface area contributed by atoms with Gasteiger partial charge in [0, 0.05) is 29.6 Å². The number of carbonyl (C=O) groups excluding carboxylic acids is 3. The van der Waals surface area contributed by atoms with Gasteiger partial charge in [-0.05, 0) is 62.1 Å². The number of halogens is 1. The molecule has 0 aromatic heterocycles. The van der Waals surface area contributed by atoms with Gasteiger partial charge in [-0.25, -0.2) is 0 Å². The number of hydrogen-bond acceptors (Lipinski definition) is 4. The van der Waals surface area contributed by atoms with Crippen LogP contribution in [0.1, 0.15) is 65.7 Å². The summed E-state index contributed by atoms with van der Waals surface area (Å²) < 4.78 is 5.40. The molecule has 8 heteroatoms. The van der Waals surface area contributed by atoms with Crippen molar-refractivity contribution in [2.24, 2.45) is 0 Å². The van der Waals surface area contributed by atoms with Gasteiger partial charge in [-0.2, -0.15) is 0 Å². The number of rotatable bonds is 6. The van der Waals surface area contributed by atoms with Gasteiger partial charge in [0.25, 0.3) is 17.7 Å². The van der Waals surface area contributed by atoms with Crippen LogP contribution in [0.15, 0.2) is 42.5 Å². The summed E-state index contributed by atoms with van der Waals surface area (Å²) in [6.07, 6.45) is 6.48. The third-order valence-corrected chi connectivity index (χ3v) is 6.35. The number of anilines is 2. The minimum absolute atomic E-state index is 0.160. The van der Waals surface area contributed by atoms with E-state index in [2.05, 4.69) is 16.0 Å². The van der Waals surface area contributed by atoms with Crippen molar-refractivity contribution in [1.82, 2.24) is 5.32 Å². The van der Waals surface area contributed by atoms with Gasteiger partial charge in [0.1, 0.15) is 6.10 Å². The molecule has 3 N–H and O–H groups in total. The molecule has 7 nitrogen and oxygen atoms in total. The SMILES string of the molecule is O=C(Nc1ccc(Cl)c(C(=O)NC2CCCCC2)c1)c1cccc(NC(=O)C2CCCO2)c1. The van der Waals surface area contributed by atoms with E-state index in [9.17, 15) is 14.4 Å². The molecular weight excluding hydrogens is 442 g/mol. The molecule has 0 bridgehead atoms. The van der Waals surface area contributed by atoms with Crippen molar-refractivity contribution in [3.8, 4) is 0 Å². The predicted octanol–water partition coefficient (Wildman–Crippen LogP) is 4.77. The second-order valence-electron chi connectivity index (χ2n) is 8.53. The molecule has 2 aliphatic rings. The molecule has 4 rings (SSSR count). The quantitative estimate of drug-likeness (QED) is 0.567. The maximum atomic E-state index is 12.8. The molecule has 2 aromatic carbocycles. The fraction of sp³-hybridized carbons (Fsp3) is 0.400. The molecule has 2 fully saturated rings. The van der Waals surface area contributed by atoms with E-state index in [0.29, 0.717) is 40.6 Å². The summed E-state index contributed by atoms with van der Waals surface area (Å²) in [5.74, 6) is -0.803. The largest absolute Gasteiger partial charge is 0.368 e. The van der Waals surface area contributed by atoms with Crippen molar-refractivity contribution in [2.45, 2.75) is 57.1 Å². The Labute approximate surface area is 198 Å². The Bertz CT molecular complexity index is 1030. The normalized spacial score (nSPS) is 18.5. The van der Waals surface area contributed by atoms with Gasteiger partial charge in [0.15, 0.2) is 0 Å².